The minimum atomic E-state index is 0.726. The fourth-order valence-electron chi connectivity index (χ4n) is 2.36. The third-order valence-electron chi connectivity index (χ3n) is 3.38. The van der Waals surface area contributed by atoms with Crippen LogP contribution in [-0.4, -0.2) is 0 Å². The molecular formula is C17H30. The van der Waals surface area contributed by atoms with Crippen molar-refractivity contribution in [2.24, 2.45) is 17.8 Å². The van der Waals surface area contributed by atoms with E-state index in [2.05, 4.69) is 58.6 Å². The summed E-state index contributed by atoms with van der Waals surface area (Å²) in [7, 11) is 0. The Morgan fingerprint density at radius 1 is 1.00 bits per heavy atom. The molecule has 17 heavy (non-hydrogen) atoms. The molecule has 0 aliphatic rings. The average molecular weight is 234 g/mol. The molecule has 0 saturated carbocycles. The molecule has 0 N–H and O–H groups in total. The summed E-state index contributed by atoms with van der Waals surface area (Å²) in [5.41, 5.74) is 0. The van der Waals surface area contributed by atoms with Gasteiger partial charge in [-0.2, -0.15) is 0 Å². The van der Waals surface area contributed by atoms with Crippen LogP contribution in [0.5, 0.6) is 0 Å². The van der Waals surface area contributed by atoms with E-state index in [0.717, 1.165) is 37.0 Å². The minimum Gasteiger partial charge on any atom is -0.104 e. The largest absolute Gasteiger partial charge is 0.104 e. The Bertz CT molecular complexity index is 249. The van der Waals surface area contributed by atoms with Crippen molar-refractivity contribution in [3.63, 3.8) is 0 Å². The molecule has 0 nitrogen and oxygen atoms in total. The van der Waals surface area contributed by atoms with Crippen LogP contribution in [-0.2, 0) is 0 Å². The standard InChI is InChI=1S/C17H30/c1-6-8-10-12-14-17(15(3)4)16(5)13-11-9-7-2/h8,10,15-17H,6-7,12-14H2,1-5H3. The predicted molar refractivity (Wildman–Crippen MR) is 78.8 cm³/mol. The van der Waals surface area contributed by atoms with Crippen LogP contribution in [0.4, 0.5) is 0 Å². The van der Waals surface area contributed by atoms with Crippen LogP contribution in [0.15, 0.2) is 12.2 Å². The van der Waals surface area contributed by atoms with E-state index >= 15 is 0 Å². The van der Waals surface area contributed by atoms with Crippen LogP contribution < -0.4 is 0 Å². The van der Waals surface area contributed by atoms with Gasteiger partial charge in [0.2, 0.25) is 0 Å². The normalized spacial score (nSPS) is 14.7. The Morgan fingerprint density at radius 2 is 1.71 bits per heavy atom. The molecule has 0 aromatic heterocycles. The van der Waals surface area contributed by atoms with Crippen LogP contribution in [0.1, 0.15) is 66.7 Å². The van der Waals surface area contributed by atoms with E-state index in [4.69, 9.17) is 0 Å². The zero-order valence-corrected chi connectivity index (χ0v) is 12.4. The highest BCUT2D eigenvalue weighted by molar-refractivity contribution is 4.99. The van der Waals surface area contributed by atoms with Gasteiger partial charge in [0.15, 0.2) is 0 Å². The molecule has 0 spiro atoms. The van der Waals surface area contributed by atoms with Crippen LogP contribution in [0, 0.1) is 29.6 Å². The van der Waals surface area contributed by atoms with Crippen molar-refractivity contribution in [1.82, 2.24) is 0 Å². The molecule has 2 unspecified atom stereocenters. The summed E-state index contributed by atoms with van der Waals surface area (Å²) < 4.78 is 0. The first kappa shape index (κ1) is 16.3. The van der Waals surface area contributed by atoms with Crippen molar-refractivity contribution in [3.05, 3.63) is 12.2 Å². The second-order valence-corrected chi connectivity index (χ2v) is 5.25. The van der Waals surface area contributed by atoms with Crippen LogP contribution in [0.25, 0.3) is 0 Å². The molecule has 0 fully saturated rings. The molecule has 0 saturated heterocycles. The Labute approximate surface area is 109 Å². The summed E-state index contributed by atoms with van der Waals surface area (Å²) in [4.78, 5) is 0. The maximum Gasteiger partial charge on any atom is 0.0117 e. The molecule has 0 amide bonds. The molecule has 98 valence electrons. The summed E-state index contributed by atoms with van der Waals surface area (Å²) in [5, 5.41) is 0. The highest BCUT2D eigenvalue weighted by atomic mass is 14.2. The monoisotopic (exact) mass is 234 g/mol. The highest BCUT2D eigenvalue weighted by Crippen LogP contribution is 2.28. The smallest absolute Gasteiger partial charge is 0.0117 e. The van der Waals surface area contributed by atoms with E-state index in [1.54, 1.807) is 0 Å². The van der Waals surface area contributed by atoms with Gasteiger partial charge in [-0.3, -0.25) is 0 Å². The predicted octanol–water partition coefficient (Wildman–Crippen LogP) is 5.44. The van der Waals surface area contributed by atoms with Gasteiger partial charge >= 0.3 is 0 Å². The SMILES string of the molecule is CCC#CCC(C)C(CCC=CCC)C(C)C. The second-order valence-electron chi connectivity index (χ2n) is 5.25. The first-order chi connectivity index (χ1) is 8.13. The van der Waals surface area contributed by atoms with Crippen molar-refractivity contribution in [2.75, 3.05) is 0 Å². The van der Waals surface area contributed by atoms with Gasteiger partial charge in [0.25, 0.3) is 0 Å². The van der Waals surface area contributed by atoms with E-state index in [-0.39, 0.29) is 0 Å². The molecule has 0 radical (unpaired) electrons. The molecular weight excluding hydrogens is 204 g/mol. The van der Waals surface area contributed by atoms with Crippen LogP contribution in [0.3, 0.4) is 0 Å². The zero-order chi connectivity index (χ0) is 13.1. The van der Waals surface area contributed by atoms with Gasteiger partial charge in [-0.05, 0) is 37.0 Å². The third kappa shape index (κ3) is 8.08. The number of hydrogen-bond donors (Lipinski definition) is 0. The van der Waals surface area contributed by atoms with Crippen molar-refractivity contribution >= 4 is 0 Å². The lowest BCUT2D eigenvalue weighted by Gasteiger charge is -2.26. The second kappa shape index (κ2) is 10.5. The van der Waals surface area contributed by atoms with E-state index in [9.17, 15) is 0 Å². The molecule has 0 aromatic rings. The first-order valence-electron chi connectivity index (χ1n) is 7.24. The van der Waals surface area contributed by atoms with Gasteiger partial charge < -0.3 is 0 Å². The Morgan fingerprint density at radius 3 is 2.24 bits per heavy atom. The maximum absolute atomic E-state index is 3.30. The van der Waals surface area contributed by atoms with Crippen LogP contribution >= 0.6 is 0 Å². The van der Waals surface area contributed by atoms with E-state index in [1.807, 2.05) is 0 Å². The van der Waals surface area contributed by atoms with Crippen LogP contribution in [0.2, 0.25) is 0 Å². The molecule has 0 heterocycles. The van der Waals surface area contributed by atoms with Crippen molar-refractivity contribution in [2.45, 2.75) is 66.7 Å². The number of hydrogen-bond acceptors (Lipinski definition) is 0. The lowest BCUT2D eigenvalue weighted by atomic mass is 9.79. The number of allylic oxidation sites excluding steroid dienone is 2. The molecule has 0 aliphatic carbocycles. The lowest BCUT2D eigenvalue weighted by molar-refractivity contribution is 0.258. The fraction of sp³-hybridized carbons (Fsp3) is 0.765. The Balaban J connectivity index is 4.16. The van der Waals surface area contributed by atoms with Gasteiger partial charge in [0, 0.05) is 12.8 Å². The summed E-state index contributed by atoms with van der Waals surface area (Å²) in [6.45, 7) is 11.4. The lowest BCUT2D eigenvalue weighted by Crippen LogP contribution is -2.17. The Hall–Kier alpha value is -0.700. The Kier molecular flexibility index (Phi) is 10.0. The van der Waals surface area contributed by atoms with Gasteiger partial charge in [0.05, 0.1) is 0 Å². The summed E-state index contributed by atoms with van der Waals surface area (Å²) in [5.74, 6) is 8.79. The molecule has 0 heteroatoms. The van der Waals surface area contributed by atoms with Crippen molar-refractivity contribution in [1.29, 1.82) is 0 Å². The average Bonchev–Trinajstić information content (AvgIpc) is 2.28. The summed E-state index contributed by atoms with van der Waals surface area (Å²) in [6.07, 6.45) is 10.3. The van der Waals surface area contributed by atoms with E-state index in [1.165, 1.54) is 12.8 Å². The van der Waals surface area contributed by atoms with E-state index < -0.39 is 0 Å². The number of rotatable bonds is 7. The molecule has 0 bridgehead atoms. The quantitative estimate of drug-likeness (QED) is 0.406. The van der Waals surface area contributed by atoms with Crippen molar-refractivity contribution < 1.29 is 0 Å². The van der Waals surface area contributed by atoms with Gasteiger partial charge in [-0.15, -0.1) is 11.8 Å². The summed E-state index contributed by atoms with van der Waals surface area (Å²) >= 11 is 0. The van der Waals surface area contributed by atoms with Crippen molar-refractivity contribution in [3.8, 4) is 11.8 Å². The third-order valence-corrected chi connectivity index (χ3v) is 3.38. The first-order valence-corrected chi connectivity index (χ1v) is 7.24. The van der Waals surface area contributed by atoms with Gasteiger partial charge in [-0.25, -0.2) is 0 Å². The van der Waals surface area contributed by atoms with E-state index in [0.29, 0.717) is 0 Å². The molecule has 2 atom stereocenters. The van der Waals surface area contributed by atoms with Gasteiger partial charge in [-0.1, -0.05) is 46.8 Å². The van der Waals surface area contributed by atoms with Gasteiger partial charge in [0.1, 0.15) is 0 Å². The molecule has 0 rings (SSSR count). The zero-order valence-electron chi connectivity index (χ0n) is 12.4. The molecule has 0 aromatic carbocycles. The summed E-state index contributed by atoms with van der Waals surface area (Å²) in [6, 6.07) is 0. The minimum absolute atomic E-state index is 0.726. The molecule has 0 aliphatic heterocycles. The fourth-order valence-corrected chi connectivity index (χ4v) is 2.36. The highest BCUT2D eigenvalue weighted by Gasteiger charge is 2.19. The maximum atomic E-state index is 3.30. The topological polar surface area (TPSA) is 0 Å².